The summed E-state index contributed by atoms with van der Waals surface area (Å²) >= 11 is 0. The molecular formula is C16H14O2. The minimum absolute atomic E-state index is 0.0745. The van der Waals surface area contributed by atoms with E-state index in [1.165, 1.54) is 0 Å². The summed E-state index contributed by atoms with van der Waals surface area (Å²) in [5.41, 5.74) is 3.27. The fourth-order valence-electron chi connectivity index (χ4n) is 2.47. The average molecular weight is 238 g/mol. The second-order valence-corrected chi connectivity index (χ2v) is 4.46. The van der Waals surface area contributed by atoms with E-state index in [-0.39, 0.29) is 5.92 Å². The van der Waals surface area contributed by atoms with Gasteiger partial charge in [0.25, 0.3) is 0 Å². The molecule has 0 saturated heterocycles. The van der Waals surface area contributed by atoms with Crippen molar-refractivity contribution in [3.63, 3.8) is 0 Å². The molecule has 0 bridgehead atoms. The molecule has 2 aromatic carbocycles. The van der Waals surface area contributed by atoms with Crippen LogP contribution >= 0.6 is 0 Å². The van der Waals surface area contributed by atoms with Crippen LogP contribution in [0.3, 0.4) is 0 Å². The van der Waals surface area contributed by atoms with Gasteiger partial charge >= 0.3 is 0 Å². The van der Waals surface area contributed by atoms with E-state index in [1.54, 1.807) is 0 Å². The Morgan fingerprint density at radius 2 is 1.72 bits per heavy atom. The lowest BCUT2D eigenvalue weighted by Crippen LogP contribution is -2.11. The smallest absolute Gasteiger partial charge is 0.127 e. The summed E-state index contributed by atoms with van der Waals surface area (Å²) < 4.78 is 5.76. The van der Waals surface area contributed by atoms with Crippen molar-refractivity contribution >= 4 is 6.29 Å². The molecule has 18 heavy (non-hydrogen) atoms. The van der Waals surface area contributed by atoms with Crippen molar-refractivity contribution in [3.8, 4) is 16.9 Å². The van der Waals surface area contributed by atoms with Crippen LogP contribution in [0.2, 0.25) is 0 Å². The van der Waals surface area contributed by atoms with Crippen molar-refractivity contribution in [2.24, 2.45) is 0 Å². The third kappa shape index (κ3) is 1.80. The number of hydrogen-bond donors (Lipinski definition) is 0. The minimum atomic E-state index is -0.0745. The Labute approximate surface area is 106 Å². The molecule has 2 nitrogen and oxygen atoms in total. The first-order chi connectivity index (χ1) is 8.90. The zero-order valence-electron chi connectivity index (χ0n) is 10.0. The molecule has 0 N–H and O–H groups in total. The first-order valence-electron chi connectivity index (χ1n) is 6.16. The molecule has 1 atom stereocenters. The van der Waals surface area contributed by atoms with E-state index >= 15 is 0 Å². The molecule has 1 aliphatic heterocycles. The van der Waals surface area contributed by atoms with Crippen LogP contribution in [-0.4, -0.2) is 12.9 Å². The number of benzene rings is 2. The third-order valence-electron chi connectivity index (χ3n) is 3.39. The quantitative estimate of drug-likeness (QED) is 0.711. The molecular weight excluding hydrogens is 224 g/mol. The third-order valence-corrected chi connectivity index (χ3v) is 3.39. The Bertz CT molecular complexity index is 575. The SMILES string of the molecule is O=CC1CCOc2ccccc2-c2ccccc21. The second-order valence-electron chi connectivity index (χ2n) is 4.46. The lowest BCUT2D eigenvalue weighted by molar-refractivity contribution is -0.109. The number of aldehydes is 1. The van der Waals surface area contributed by atoms with E-state index in [1.807, 2.05) is 42.5 Å². The minimum Gasteiger partial charge on any atom is -0.493 e. The highest BCUT2D eigenvalue weighted by Crippen LogP contribution is 2.37. The highest BCUT2D eigenvalue weighted by atomic mass is 16.5. The number of para-hydroxylation sites is 1. The summed E-state index contributed by atoms with van der Waals surface area (Å²) in [4.78, 5) is 11.2. The standard InChI is InChI=1S/C16H14O2/c17-11-12-9-10-18-16-8-4-3-7-15(16)14-6-2-1-5-13(12)14/h1-8,11-12H,9-10H2. The normalized spacial score (nSPS) is 17.7. The molecule has 90 valence electrons. The van der Waals surface area contributed by atoms with Crippen molar-refractivity contribution in [1.29, 1.82) is 0 Å². The van der Waals surface area contributed by atoms with Crippen molar-refractivity contribution in [3.05, 3.63) is 54.1 Å². The Balaban J connectivity index is 2.24. The van der Waals surface area contributed by atoms with E-state index in [0.29, 0.717) is 6.61 Å². The second kappa shape index (κ2) is 4.65. The molecule has 0 fully saturated rings. The zero-order valence-corrected chi connectivity index (χ0v) is 10.0. The Morgan fingerprint density at radius 3 is 2.56 bits per heavy atom. The van der Waals surface area contributed by atoms with E-state index in [2.05, 4.69) is 6.07 Å². The predicted molar refractivity (Wildman–Crippen MR) is 70.8 cm³/mol. The maximum atomic E-state index is 11.2. The molecule has 2 heteroatoms. The molecule has 1 heterocycles. The van der Waals surface area contributed by atoms with E-state index in [0.717, 1.165) is 35.1 Å². The van der Waals surface area contributed by atoms with Gasteiger partial charge in [-0.1, -0.05) is 42.5 Å². The van der Waals surface area contributed by atoms with Crippen LogP contribution in [0.25, 0.3) is 11.1 Å². The Hall–Kier alpha value is -2.09. The monoisotopic (exact) mass is 238 g/mol. The molecule has 0 amide bonds. The van der Waals surface area contributed by atoms with Gasteiger partial charge in [-0.05, 0) is 23.6 Å². The highest BCUT2D eigenvalue weighted by Gasteiger charge is 2.20. The average Bonchev–Trinajstić information content (AvgIpc) is 2.42. The van der Waals surface area contributed by atoms with Crippen molar-refractivity contribution in [1.82, 2.24) is 0 Å². The van der Waals surface area contributed by atoms with E-state index in [4.69, 9.17) is 4.74 Å². The Morgan fingerprint density at radius 1 is 1.00 bits per heavy atom. The first kappa shape index (κ1) is 11.0. The maximum Gasteiger partial charge on any atom is 0.127 e. The van der Waals surface area contributed by atoms with Gasteiger partial charge in [0, 0.05) is 11.5 Å². The summed E-state index contributed by atoms with van der Waals surface area (Å²) in [5.74, 6) is 0.823. The van der Waals surface area contributed by atoms with Gasteiger partial charge in [0.1, 0.15) is 12.0 Å². The van der Waals surface area contributed by atoms with Gasteiger partial charge in [-0.3, -0.25) is 0 Å². The highest BCUT2D eigenvalue weighted by molar-refractivity contribution is 5.78. The summed E-state index contributed by atoms with van der Waals surface area (Å²) in [7, 11) is 0. The van der Waals surface area contributed by atoms with Gasteiger partial charge in [-0.15, -0.1) is 0 Å². The summed E-state index contributed by atoms with van der Waals surface area (Å²) in [6, 6.07) is 16.1. The van der Waals surface area contributed by atoms with Gasteiger partial charge in [0.15, 0.2) is 0 Å². The number of rotatable bonds is 1. The van der Waals surface area contributed by atoms with Crippen LogP contribution in [0.4, 0.5) is 0 Å². The van der Waals surface area contributed by atoms with Gasteiger partial charge in [-0.25, -0.2) is 0 Å². The zero-order chi connectivity index (χ0) is 12.4. The number of carbonyl (C=O) groups is 1. The molecule has 1 aliphatic rings. The predicted octanol–water partition coefficient (Wildman–Crippen LogP) is 3.42. The molecule has 0 aromatic heterocycles. The number of hydrogen-bond acceptors (Lipinski definition) is 2. The Kier molecular flexibility index (Phi) is 2.85. The van der Waals surface area contributed by atoms with Crippen LogP contribution < -0.4 is 4.74 Å². The maximum absolute atomic E-state index is 11.2. The number of fused-ring (bicyclic) bond motifs is 3. The number of ether oxygens (including phenoxy) is 1. The van der Waals surface area contributed by atoms with Gasteiger partial charge in [0.05, 0.1) is 6.61 Å². The fraction of sp³-hybridized carbons (Fsp3) is 0.188. The summed E-state index contributed by atoms with van der Waals surface area (Å²) in [6.07, 6.45) is 1.75. The van der Waals surface area contributed by atoms with Crippen LogP contribution in [0.15, 0.2) is 48.5 Å². The fourth-order valence-corrected chi connectivity index (χ4v) is 2.47. The molecule has 0 aliphatic carbocycles. The van der Waals surface area contributed by atoms with E-state index in [9.17, 15) is 4.79 Å². The van der Waals surface area contributed by atoms with Crippen LogP contribution in [0.1, 0.15) is 17.9 Å². The topological polar surface area (TPSA) is 26.3 Å². The van der Waals surface area contributed by atoms with Crippen molar-refractivity contribution in [2.75, 3.05) is 6.61 Å². The lowest BCUT2D eigenvalue weighted by Gasteiger charge is -2.21. The van der Waals surface area contributed by atoms with Gasteiger partial charge < -0.3 is 9.53 Å². The molecule has 0 radical (unpaired) electrons. The van der Waals surface area contributed by atoms with Crippen LogP contribution in [-0.2, 0) is 4.79 Å². The summed E-state index contributed by atoms with van der Waals surface area (Å²) in [5, 5.41) is 0. The largest absolute Gasteiger partial charge is 0.493 e. The van der Waals surface area contributed by atoms with Gasteiger partial charge in [-0.2, -0.15) is 0 Å². The first-order valence-corrected chi connectivity index (χ1v) is 6.16. The number of carbonyl (C=O) groups excluding carboxylic acids is 1. The van der Waals surface area contributed by atoms with Crippen LogP contribution in [0, 0.1) is 0 Å². The van der Waals surface area contributed by atoms with E-state index < -0.39 is 0 Å². The molecule has 0 spiro atoms. The van der Waals surface area contributed by atoms with Crippen molar-refractivity contribution in [2.45, 2.75) is 12.3 Å². The van der Waals surface area contributed by atoms with Crippen molar-refractivity contribution < 1.29 is 9.53 Å². The lowest BCUT2D eigenvalue weighted by atomic mass is 9.88. The molecule has 3 rings (SSSR count). The van der Waals surface area contributed by atoms with Crippen LogP contribution in [0.5, 0.6) is 5.75 Å². The van der Waals surface area contributed by atoms with Gasteiger partial charge in [0.2, 0.25) is 0 Å². The molecule has 1 unspecified atom stereocenters. The molecule has 0 saturated carbocycles. The molecule has 2 aromatic rings. The summed E-state index contributed by atoms with van der Waals surface area (Å²) in [6.45, 7) is 0.578.